The summed E-state index contributed by atoms with van der Waals surface area (Å²) in [4.78, 5) is 0. The average molecular weight is 379 g/mol. The molecule has 100 valence electrons. The number of ether oxygens (including phenoxy) is 1. The van der Waals surface area contributed by atoms with Crippen molar-refractivity contribution in [3.63, 3.8) is 0 Å². The molecule has 2 rings (SSSR count). The molecule has 1 aromatic carbocycles. The first-order chi connectivity index (χ1) is 8.61. The van der Waals surface area contributed by atoms with Crippen molar-refractivity contribution in [1.29, 1.82) is 0 Å². The van der Waals surface area contributed by atoms with Gasteiger partial charge in [-0.1, -0.05) is 12.8 Å². The maximum atomic E-state index is 9.98. The standard InChI is InChI=1S/C13H17Br2NO2/c1-18-13-7-11(8(14)6-9(13)15)16-10-4-2-3-5-12(10)17/h6-7,10,12,16-17H,2-5H2,1H3/t10-,12-/m0/s1. The second-order valence-corrected chi connectivity index (χ2v) is 6.28. The molecule has 0 amide bonds. The lowest BCUT2D eigenvalue weighted by atomic mass is 9.92. The highest BCUT2D eigenvalue weighted by molar-refractivity contribution is 9.11. The van der Waals surface area contributed by atoms with Crippen LogP contribution in [0.3, 0.4) is 0 Å². The zero-order valence-corrected chi connectivity index (χ0v) is 13.4. The van der Waals surface area contributed by atoms with Crippen LogP contribution >= 0.6 is 31.9 Å². The third kappa shape index (κ3) is 3.19. The molecule has 0 aliphatic heterocycles. The van der Waals surface area contributed by atoms with Gasteiger partial charge in [0.1, 0.15) is 5.75 Å². The molecule has 2 N–H and O–H groups in total. The summed E-state index contributed by atoms with van der Waals surface area (Å²) >= 11 is 6.97. The molecule has 1 fully saturated rings. The number of benzene rings is 1. The summed E-state index contributed by atoms with van der Waals surface area (Å²) in [6, 6.07) is 4.02. The zero-order valence-electron chi connectivity index (χ0n) is 10.2. The van der Waals surface area contributed by atoms with Gasteiger partial charge in [-0.3, -0.25) is 0 Å². The molecule has 1 aliphatic rings. The van der Waals surface area contributed by atoms with Crippen LogP contribution in [0.2, 0.25) is 0 Å². The van der Waals surface area contributed by atoms with Crippen molar-refractivity contribution < 1.29 is 9.84 Å². The van der Waals surface area contributed by atoms with Gasteiger partial charge in [0.25, 0.3) is 0 Å². The minimum atomic E-state index is -0.264. The van der Waals surface area contributed by atoms with Crippen molar-refractivity contribution in [2.45, 2.75) is 37.8 Å². The predicted molar refractivity (Wildman–Crippen MR) is 80.3 cm³/mol. The summed E-state index contributed by atoms with van der Waals surface area (Å²) in [7, 11) is 1.65. The Balaban J connectivity index is 2.17. The lowest BCUT2D eigenvalue weighted by Crippen LogP contribution is -2.36. The van der Waals surface area contributed by atoms with E-state index in [1.165, 1.54) is 6.42 Å². The SMILES string of the molecule is COc1cc(N[C@H]2CCCC[C@@H]2O)c(Br)cc1Br. The number of halogens is 2. The van der Waals surface area contributed by atoms with E-state index in [0.717, 1.165) is 39.6 Å². The molecule has 0 bridgehead atoms. The largest absolute Gasteiger partial charge is 0.495 e. The number of hydrogen-bond donors (Lipinski definition) is 2. The van der Waals surface area contributed by atoms with Gasteiger partial charge in [0.05, 0.1) is 29.4 Å². The highest BCUT2D eigenvalue weighted by Crippen LogP contribution is 2.35. The highest BCUT2D eigenvalue weighted by atomic mass is 79.9. The first-order valence-corrected chi connectivity index (χ1v) is 7.68. The van der Waals surface area contributed by atoms with Crippen LogP contribution in [-0.2, 0) is 0 Å². The van der Waals surface area contributed by atoms with Crippen LogP contribution in [0.4, 0.5) is 5.69 Å². The molecule has 0 unspecified atom stereocenters. The quantitative estimate of drug-likeness (QED) is 0.837. The first-order valence-electron chi connectivity index (χ1n) is 6.09. The van der Waals surface area contributed by atoms with E-state index < -0.39 is 0 Å². The molecule has 3 nitrogen and oxygen atoms in total. The van der Waals surface area contributed by atoms with Crippen molar-refractivity contribution in [3.05, 3.63) is 21.1 Å². The summed E-state index contributed by atoms with van der Waals surface area (Å²) in [6.07, 6.45) is 3.90. The Labute approximate surface area is 124 Å². The molecule has 1 aromatic rings. The highest BCUT2D eigenvalue weighted by Gasteiger charge is 2.23. The number of aliphatic hydroxyl groups excluding tert-OH is 1. The van der Waals surface area contributed by atoms with Crippen LogP contribution in [-0.4, -0.2) is 24.4 Å². The lowest BCUT2D eigenvalue weighted by Gasteiger charge is -2.29. The van der Waals surface area contributed by atoms with Gasteiger partial charge in [-0.25, -0.2) is 0 Å². The van der Waals surface area contributed by atoms with E-state index in [9.17, 15) is 5.11 Å². The predicted octanol–water partition coefficient (Wildman–Crippen LogP) is 3.94. The summed E-state index contributed by atoms with van der Waals surface area (Å²) in [5.41, 5.74) is 0.959. The van der Waals surface area contributed by atoms with Crippen molar-refractivity contribution in [2.75, 3.05) is 12.4 Å². The van der Waals surface area contributed by atoms with Crippen LogP contribution in [0, 0.1) is 0 Å². The number of nitrogens with one attached hydrogen (secondary N) is 1. The van der Waals surface area contributed by atoms with Crippen LogP contribution in [0.25, 0.3) is 0 Å². The topological polar surface area (TPSA) is 41.5 Å². The van der Waals surface area contributed by atoms with E-state index in [4.69, 9.17) is 4.74 Å². The molecule has 18 heavy (non-hydrogen) atoms. The number of hydrogen-bond acceptors (Lipinski definition) is 3. The maximum Gasteiger partial charge on any atom is 0.135 e. The van der Waals surface area contributed by atoms with Crippen LogP contribution in [0.1, 0.15) is 25.7 Å². The lowest BCUT2D eigenvalue weighted by molar-refractivity contribution is 0.116. The molecule has 0 aromatic heterocycles. The van der Waals surface area contributed by atoms with Gasteiger partial charge in [-0.2, -0.15) is 0 Å². The van der Waals surface area contributed by atoms with Gasteiger partial charge >= 0.3 is 0 Å². The molecule has 1 aliphatic carbocycles. The summed E-state index contributed by atoms with van der Waals surface area (Å²) in [5.74, 6) is 0.783. The normalized spacial score (nSPS) is 23.8. The molecule has 0 heterocycles. The second-order valence-electron chi connectivity index (χ2n) is 4.57. The number of anilines is 1. The molecular formula is C13H17Br2NO2. The average Bonchev–Trinajstić information content (AvgIpc) is 2.35. The Morgan fingerprint density at radius 1 is 1.22 bits per heavy atom. The number of methoxy groups -OCH3 is 1. The Hall–Kier alpha value is -0.260. The van der Waals surface area contributed by atoms with Crippen molar-refractivity contribution in [1.82, 2.24) is 0 Å². The summed E-state index contributed by atoms with van der Waals surface area (Å²) in [6.45, 7) is 0. The van der Waals surface area contributed by atoms with E-state index in [2.05, 4.69) is 37.2 Å². The Bertz CT molecular complexity index is 426. The monoisotopic (exact) mass is 377 g/mol. The van der Waals surface area contributed by atoms with E-state index >= 15 is 0 Å². The molecule has 2 atom stereocenters. The molecule has 1 saturated carbocycles. The second kappa shape index (κ2) is 6.26. The fraction of sp³-hybridized carbons (Fsp3) is 0.538. The molecular weight excluding hydrogens is 362 g/mol. The van der Waals surface area contributed by atoms with Gasteiger partial charge in [0, 0.05) is 10.5 Å². The van der Waals surface area contributed by atoms with E-state index in [1.807, 2.05) is 12.1 Å². The maximum absolute atomic E-state index is 9.98. The Morgan fingerprint density at radius 3 is 2.61 bits per heavy atom. The third-order valence-electron chi connectivity index (χ3n) is 3.31. The van der Waals surface area contributed by atoms with Crippen molar-refractivity contribution >= 4 is 37.5 Å². The van der Waals surface area contributed by atoms with Gasteiger partial charge in [0.2, 0.25) is 0 Å². The number of rotatable bonds is 3. The first kappa shape index (κ1) is 14.2. The van der Waals surface area contributed by atoms with Crippen LogP contribution < -0.4 is 10.1 Å². The van der Waals surface area contributed by atoms with Crippen LogP contribution in [0.15, 0.2) is 21.1 Å². The molecule has 0 spiro atoms. The van der Waals surface area contributed by atoms with E-state index in [1.54, 1.807) is 7.11 Å². The Kier molecular flexibility index (Phi) is 4.92. The molecule has 0 radical (unpaired) electrons. The van der Waals surface area contributed by atoms with Gasteiger partial charge in [-0.05, 0) is 50.8 Å². The number of aliphatic hydroxyl groups is 1. The molecule has 5 heteroatoms. The Morgan fingerprint density at radius 2 is 1.94 bits per heavy atom. The smallest absolute Gasteiger partial charge is 0.135 e. The van der Waals surface area contributed by atoms with Crippen molar-refractivity contribution in [3.8, 4) is 5.75 Å². The minimum Gasteiger partial charge on any atom is -0.495 e. The molecule has 0 saturated heterocycles. The summed E-state index contributed by atoms with van der Waals surface area (Å²) < 4.78 is 7.16. The fourth-order valence-corrected chi connectivity index (χ4v) is 3.55. The van der Waals surface area contributed by atoms with E-state index in [-0.39, 0.29) is 12.1 Å². The van der Waals surface area contributed by atoms with E-state index in [0.29, 0.717) is 0 Å². The van der Waals surface area contributed by atoms with Gasteiger partial charge < -0.3 is 15.2 Å². The van der Waals surface area contributed by atoms with Gasteiger partial charge in [0.15, 0.2) is 0 Å². The minimum absolute atomic E-state index is 0.126. The zero-order chi connectivity index (χ0) is 13.1. The van der Waals surface area contributed by atoms with Crippen LogP contribution in [0.5, 0.6) is 5.75 Å². The fourth-order valence-electron chi connectivity index (χ4n) is 2.28. The third-order valence-corrected chi connectivity index (χ3v) is 4.59. The van der Waals surface area contributed by atoms with Gasteiger partial charge in [-0.15, -0.1) is 0 Å². The van der Waals surface area contributed by atoms with Crippen molar-refractivity contribution in [2.24, 2.45) is 0 Å². The summed E-state index contributed by atoms with van der Waals surface area (Å²) in [5, 5.41) is 13.4.